The molecule has 0 bridgehead atoms. The topological polar surface area (TPSA) is 58.2 Å². The van der Waals surface area contributed by atoms with Crippen molar-refractivity contribution in [2.75, 3.05) is 16.4 Å². The second-order valence-corrected chi connectivity index (χ2v) is 22.6. The first-order chi connectivity index (χ1) is 17.7. The van der Waals surface area contributed by atoms with Gasteiger partial charge < -0.3 is 10.6 Å². The zero-order valence-corrected chi connectivity index (χ0v) is 25.9. The third-order valence-corrected chi connectivity index (χ3v) is 15.1. The maximum absolute atomic E-state index is 14.3. The molecule has 2 aromatic rings. The first kappa shape index (κ1) is 33.3. The summed E-state index contributed by atoms with van der Waals surface area (Å²) in [7, 11) is -4.06. The summed E-state index contributed by atoms with van der Waals surface area (Å²) in [6.45, 7) is 9.86. The van der Waals surface area contributed by atoms with Crippen molar-refractivity contribution in [3.63, 3.8) is 0 Å². The molecule has 2 rings (SSSR count). The number of thiol groups is 2. The van der Waals surface area contributed by atoms with E-state index in [1.165, 1.54) is 30.3 Å². The molecule has 0 aromatic heterocycles. The smallest absolute Gasteiger partial charge is 0.325 e. The molecule has 2 N–H and O–H groups in total. The lowest BCUT2D eigenvalue weighted by molar-refractivity contribution is -0.308. The van der Waals surface area contributed by atoms with Gasteiger partial charge in [0.2, 0.25) is 0 Å². The molecule has 0 saturated heterocycles. The summed E-state index contributed by atoms with van der Waals surface area (Å²) in [5.74, 6) is -4.56. The molecule has 0 heterocycles. The van der Waals surface area contributed by atoms with Gasteiger partial charge in [-0.3, -0.25) is 9.59 Å². The highest BCUT2D eigenvalue weighted by Gasteiger charge is 2.80. The van der Waals surface area contributed by atoms with Crippen molar-refractivity contribution in [1.29, 1.82) is 0 Å². The Morgan fingerprint density at radius 2 is 1.28 bits per heavy atom. The zero-order valence-electron chi connectivity index (χ0n) is 22.1. The van der Waals surface area contributed by atoms with Crippen LogP contribution >= 0.6 is 25.3 Å². The average Bonchev–Trinajstić information content (AvgIpc) is 2.76. The summed E-state index contributed by atoms with van der Waals surface area (Å²) in [6.07, 6.45) is -12.6. The quantitative estimate of drug-likeness (QED) is 0.104. The van der Waals surface area contributed by atoms with Crippen LogP contribution in [0.1, 0.15) is 10.4 Å². The molecule has 0 saturated carbocycles. The van der Waals surface area contributed by atoms with Crippen LogP contribution < -0.4 is 15.8 Å². The molecule has 2 aromatic carbocycles. The lowest BCUT2D eigenvalue weighted by Crippen LogP contribution is -2.64. The van der Waals surface area contributed by atoms with Crippen molar-refractivity contribution in [1.82, 2.24) is 0 Å². The van der Waals surface area contributed by atoms with E-state index in [0.29, 0.717) is 22.5 Å². The molecule has 4 nitrogen and oxygen atoms in total. The molecule has 0 aliphatic rings. The highest BCUT2D eigenvalue weighted by molar-refractivity contribution is 7.82. The molecule has 0 radical (unpaired) electrons. The average molecular weight is 627 g/mol. The molecule has 1 atom stereocenters. The van der Waals surface area contributed by atoms with E-state index in [9.17, 15) is 35.9 Å². The Morgan fingerprint density at radius 1 is 0.821 bits per heavy atom. The van der Waals surface area contributed by atoms with Gasteiger partial charge in [0, 0.05) is 16.2 Å². The Hall–Kier alpha value is -1.91. The van der Waals surface area contributed by atoms with Crippen LogP contribution in [0.15, 0.2) is 48.5 Å². The van der Waals surface area contributed by atoms with Gasteiger partial charge in [0.05, 0.1) is 16.1 Å². The molecule has 0 aliphatic carbocycles. The van der Waals surface area contributed by atoms with E-state index >= 15 is 0 Å². The largest absolute Gasteiger partial charge is 0.421 e. The fraction of sp³-hybridized carbons (Fsp3) is 0.440. The van der Waals surface area contributed by atoms with Gasteiger partial charge in [-0.05, 0) is 41.6 Å². The minimum absolute atomic E-state index is 0.280. The molecule has 0 fully saturated rings. The summed E-state index contributed by atoms with van der Waals surface area (Å²) >= 11 is 8.75. The maximum atomic E-state index is 14.3. The van der Waals surface area contributed by atoms with Crippen molar-refractivity contribution in [3.8, 4) is 0 Å². The lowest BCUT2D eigenvalue weighted by Gasteiger charge is -2.34. The van der Waals surface area contributed by atoms with E-state index in [0.717, 1.165) is 6.07 Å². The Kier molecular flexibility index (Phi) is 10.2. The van der Waals surface area contributed by atoms with Crippen molar-refractivity contribution < 1.29 is 35.9 Å². The molecule has 0 aliphatic heterocycles. The Morgan fingerprint density at radius 3 is 1.72 bits per heavy atom. The van der Waals surface area contributed by atoms with Gasteiger partial charge in [0.1, 0.15) is 0 Å². The normalized spacial score (nSPS) is 14.1. The minimum Gasteiger partial charge on any atom is -0.325 e. The van der Waals surface area contributed by atoms with E-state index in [4.69, 9.17) is 0 Å². The number of anilines is 2. The van der Waals surface area contributed by atoms with E-state index in [1.807, 2.05) is 32.7 Å². The standard InChI is InChI=1S/C25H32F6N2O2S2Si2/c1-38(2,3)20(37)16-8-6-9-17(14-16)32-21(34)23(24(26,27)28,25(29,30)31)22(35)33-18-10-7-11-19(15-18)39(4,5)13-12-36/h6-11,14-15,20,36-37H,12-13H2,1-5H3,(H,32,34)(H,33,35). The number of halogens is 6. The van der Waals surface area contributed by atoms with E-state index in [1.54, 1.807) is 22.8 Å². The SMILES string of the molecule is C[Si](C)(CCS)c1cccc(NC(=O)C(C(=O)Nc2cccc(C(S)[Si](C)(C)C)c2)(C(F)(F)F)C(F)(F)F)c1. The van der Waals surface area contributed by atoms with Gasteiger partial charge >= 0.3 is 17.8 Å². The van der Waals surface area contributed by atoms with Gasteiger partial charge in [-0.15, -0.1) is 0 Å². The van der Waals surface area contributed by atoms with E-state index < -0.39 is 45.7 Å². The number of carbonyl (C=O) groups is 2. The van der Waals surface area contributed by atoms with Crippen LogP contribution in [-0.4, -0.2) is 46.1 Å². The first-order valence-corrected chi connectivity index (χ1v) is 19.9. The van der Waals surface area contributed by atoms with Gasteiger partial charge in [0.15, 0.2) is 0 Å². The molecule has 216 valence electrons. The summed E-state index contributed by atoms with van der Waals surface area (Å²) in [5.41, 5.74) is -5.45. The predicted molar refractivity (Wildman–Crippen MR) is 156 cm³/mol. The first-order valence-electron chi connectivity index (χ1n) is 11.9. The Balaban J connectivity index is 2.55. The van der Waals surface area contributed by atoms with Gasteiger partial charge in [-0.25, -0.2) is 0 Å². The predicted octanol–water partition coefficient (Wildman–Crippen LogP) is 7.07. The molecule has 1 unspecified atom stereocenters. The summed E-state index contributed by atoms with van der Waals surface area (Å²) in [6, 6.07) is 11.8. The Bertz CT molecular complexity index is 1190. The highest BCUT2D eigenvalue weighted by atomic mass is 32.1. The van der Waals surface area contributed by atoms with Crippen molar-refractivity contribution in [2.45, 2.75) is 56.0 Å². The summed E-state index contributed by atoms with van der Waals surface area (Å²) in [5, 5.41) is 4.12. The van der Waals surface area contributed by atoms with Crippen LogP contribution in [0, 0.1) is 5.41 Å². The van der Waals surface area contributed by atoms with Crippen LogP contribution in [-0.2, 0) is 9.59 Å². The highest BCUT2D eigenvalue weighted by Crippen LogP contribution is 2.52. The number of hydrogen-bond acceptors (Lipinski definition) is 4. The number of benzene rings is 2. The van der Waals surface area contributed by atoms with Gasteiger partial charge in [-0.2, -0.15) is 51.6 Å². The second kappa shape index (κ2) is 11.9. The number of nitrogens with one attached hydrogen (secondary N) is 2. The fourth-order valence-electron chi connectivity index (χ4n) is 3.96. The van der Waals surface area contributed by atoms with Crippen molar-refractivity contribution in [3.05, 3.63) is 54.1 Å². The molecule has 14 heteroatoms. The molecule has 39 heavy (non-hydrogen) atoms. The zero-order chi connectivity index (χ0) is 30.0. The molecular formula is C25H32F6N2O2S2Si2. The third-order valence-electron chi connectivity index (χ3n) is 6.45. The fourth-order valence-corrected chi connectivity index (χ4v) is 8.92. The second-order valence-electron chi connectivity index (χ2n) is 11.0. The van der Waals surface area contributed by atoms with Crippen molar-refractivity contribution in [2.24, 2.45) is 5.41 Å². The number of amides is 2. The number of alkyl halides is 6. The number of carbonyl (C=O) groups excluding carboxylic acids is 2. The maximum Gasteiger partial charge on any atom is 0.421 e. The van der Waals surface area contributed by atoms with Crippen LogP contribution in [0.3, 0.4) is 0 Å². The summed E-state index contributed by atoms with van der Waals surface area (Å²) in [4.78, 5) is 25.5. The minimum atomic E-state index is -6.31. The lowest BCUT2D eigenvalue weighted by atomic mass is 9.83. The monoisotopic (exact) mass is 626 g/mol. The molecule has 0 spiro atoms. The van der Waals surface area contributed by atoms with Crippen LogP contribution in [0.4, 0.5) is 37.7 Å². The third kappa shape index (κ3) is 7.25. The van der Waals surface area contributed by atoms with Gasteiger partial charge in [-0.1, -0.05) is 62.2 Å². The van der Waals surface area contributed by atoms with Crippen molar-refractivity contribution >= 4 is 69.8 Å². The van der Waals surface area contributed by atoms with Crippen LogP contribution in [0.5, 0.6) is 0 Å². The van der Waals surface area contributed by atoms with Crippen LogP contribution in [0.25, 0.3) is 0 Å². The summed E-state index contributed by atoms with van der Waals surface area (Å²) < 4.78 is 85.6. The Labute approximate surface area is 237 Å². The number of hydrogen-bond donors (Lipinski definition) is 4. The van der Waals surface area contributed by atoms with E-state index in [2.05, 4.69) is 25.3 Å². The van der Waals surface area contributed by atoms with Gasteiger partial charge in [0.25, 0.3) is 11.8 Å². The molecular weight excluding hydrogens is 595 g/mol. The molecule has 2 amide bonds. The van der Waals surface area contributed by atoms with E-state index in [-0.39, 0.29) is 16.2 Å². The number of rotatable bonds is 9. The van der Waals surface area contributed by atoms with Crippen LogP contribution in [0.2, 0.25) is 38.8 Å².